The molecule has 0 aliphatic carbocycles. The van der Waals surface area contributed by atoms with Crippen molar-refractivity contribution in [1.82, 2.24) is 0 Å². The predicted molar refractivity (Wildman–Crippen MR) is 101 cm³/mol. The molecule has 3 nitrogen and oxygen atoms in total. The third-order valence-corrected chi connectivity index (χ3v) is 5.22. The number of thioether (sulfide) groups is 1. The third-order valence-electron chi connectivity index (χ3n) is 3.60. The molecule has 2 aromatic rings. The van der Waals surface area contributed by atoms with E-state index in [1.54, 1.807) is 18.9 Å². The summed E-state index contributed by atoms with van der Waals surface area (Å²) in [4.78, 5) is 12.1. The van der Waals surface area contributed by atoms with E-state index in [1.165, 1.54) is 5.56 Å². The van der Waals surface area contributed by atoms with Crippen LogP contribution in [0.15, 0.2) is 40.9 Å². The van der Waals surface area contributed by atoms with E-state index in [4.69, 9.17) is 4.74 Å². The van der Waals surface area contributed by atoms with Crippen molar-refractivity contribution in [2.45, 2.75) is 19.6 Å². The van der Waals surface area contributed by atoms with E-state index in [2.05, 4.69) is 21.2 Å². The fourth-order valence-corrected chi connectivity index (χ4v) is 3.50. The van der Waals surface area contributed by atoms with E-state index in [0.29, 0.717) is 5.75 Å². The topological polar surface area (TPSA) is 38.3 Å². The quantitative estimate of drug-likeness (QED) is 0.754. The first kappa shape index (κ1) is 17.9. The molecule has 0 spiro atoms. The molecule has 1 N–H and O–H groups in total. The maximum absolute atomic E-state index is 12.1. The van der Waals surface area contributed by atoms with E-state index < -0.39 is 0 Å². The summed E-state index contributed by atoms with van der Waals surface area (Å²) in [7, 11) is 1.64. The summed E-state index contributed by atoms with van der Waals surface area (Å²) in [6.45, 7) is 4.06. The van der Waals surface area contributed by atoms with Crippen LogP contribution in [0.25, 0.3) is 0 Å². The van der Waals surface area contributed by atoms with Gasteiger partial charge in [0, 0.05) is 11.4 Å². The van der Waals surface area contributed by atoms with Crippen LogP contribution in [0.4, 0.5) is 5.69 Å². The molecule has 0 radical (unpaired) electrons. The molecule has 0 saturated heterocycles. The van der Waals surface area contributed by atoms with Gasteiger partial charge in [0.15, 0.2) is 0 Å². The van der Waals surface area contributed by atoms with Crippen molar-refractivity contribution < 1.29 is 9.53 Å². The summed E-state index contributed by atoms with van der Waals surface area (Å²) in [5.74, 6) is 2.04. The molecule has 1 amide bonds. The summed E-state index contributed by atoms with van der Waals surface area (Å²) in [5.41, 5.74) is 4.34. The molecule has 122 valence electrons. The highest BCUT2D eigenvalue weighted by molar-refractivity contribution is 9.10. The molecule has 0 heterocycles. The largest absolute Gasteiger partial charge is 0.496 e. The Kier molecular flexibility index (Phi) is 6.54. The molecule has 0 bridgehead atoms. The highest BCUT2D eigenvalue weighted by Gasteiger charge is 2.07. The van der Waals surface area contributed by atoms with Crippen molar-refractivity contribution in [1.29, 1.82) is 0 Å². The minimum absolute atomic E-state index is 0.0243. The Morgan fingerprint density at radius 1 is 1.26 bits per heavy atom. The first-order valence-electron chi connectivity index (χ1n) is 7.27. The van der Waals surface area contributed by atoms with E-state index >= 15 is 0 Å². The number of amides is 1. The monoisotopic (exact) mass is 393 g/mol. The number of anilines is 1. The Morgan fingerprint density at radius 3 is 2.74 bits per heavy atom. The number of carbonyl (C=O) groups is 1. The second-order valence-corrected chi connectivity index (χ2v) is 7.10. The molecule has 0 unspecified atom stereocenters. The van der Waals surface area contributed by atoms with Gasteiger partial charge in [-0.1, -0.05) is 18.2 Å². The summed E-state index contributed by atoms with van der Waals surface area (Å²) >= 11 is 5.07. The van der Waals surface area contributed by atoms with Gasteiger partial charge in [-0.2, -0.15) is 0 Å². The smallest absolute Gasteiger partial charge is 0.234 e. The molecular weight excluding hydrogens is 374 g/mol. The molecular formula is C18H20BrNO2S. The highest BCUT2D eigenvalue weighted by atomic mass is 79.9. The zero-order valence-corrected chi connectivity index (χ0v) is 15.9. The van der Waals surface area contributed by atoms with Crippen molar-refractivity contribution in [2.75, 3.05) is 18.2 Å². The lowest BCUT2D eigenvalue weighted by Gasteiger charge is -2.10. The molecule has 5 heteroatoms. The van der Waals surface area contributed by atoms with Gasteiger partial charge in [0.1, 0.15) is 5.75 Å². The number of carbonyl (C=O) groups excluding carboxylic acids is 1. The highest BCUT2D eigenvalue weighted by Crippen LogP contribution is 2.27. The van der Waals surface area contributed by atoms with Gasteiger partial charge in [0.05, 0.1) is 17.3 Å². The summed E-state index contributed by atoms with van der Waals surface area (Å²) < 4.78 is 6.14. The van der Waals surface area contributed by atoms with Crippen LogP contribution in [0.5, 0.6) is 5.75 Å². The maximum Gasteiger partial charge on any atom is 0.234 e. The fraction of sp³-hybridized carbons (Fsp3) is 0.278. The van der Waals surface area contributed by atoms with E-state index in [0.717, 1.165) is 32.8 Å². The third kappa shape index (κ3) is 5.01. The van der Waals surface area contributed by atoms with Gasteiger partial charge in [-0.3, -0.25) is 4.79 Å². The van der Waals surface area contributed by atoms with Gasteiger partial charge in [0.2, 0.25) is 5.91 Å². The number of methoxy groups -OCH3 is 1. The molecule has 0 aliphatic heterocycles. The zero-order valence-electron chi connectivity index (χ0n) is 13.5. The lowest BCUT2D eigenvalue weighted by atomic mass is 10.1. The van der Waals surface area contributed by atoms with Gasteiger partial charge in [0.25, 0.3) is 0 Å². The van der Waals surface area contributed by atoms with Crippen molar-refractivity contribution in [2.24, 2.45) is 0 Å². The first-order chi connectivity index (χ1) is 11.0. The second kappa shape index (κ2) is 8.41. The second-order valence-electron chi connectivity index (χ2n) is 5.26. The van der Waals surface area contributed by atoms with Crippen LogP contribution in [-0.2, 0) is 10.5 Å². The number of hydrogen-bond donors (Lipinski definition) is 1. The van der Waals surface area contributed by atoms with Crippen LogP contribution in [0.2, 0.25) is 0 Å². The van der Waals surface area contributed by atoms with Gasteiger partial charge >= 0.3 is 0 Å². The SMILES string of the molecule is COc1ccc(CSCC(=O)Nc2cccc(C)c2C)cc1Br. The minimum Gasteiger partial charge on any atom is -0.496 e. The Hall–Kier alpha value is -1.46. The Bertz CT molecular complexity index is 703. The lowest BCUT2D eigenvalue weighted by molar-refractivity contribution is -0.113. The number of halogens is 1. The normalized spacial score (nSPS) is 10.4. The van der Waals surface area contributed by atoms with Crippen LogP contribution >= 0.6 is 27.7 Å². The predicted octanol–water partition coefficient (Wildman–Crippen LogP) is 4.95. The number of hydrogen-bond acceptors (Lipinski definition) is 3. The van der Waals surface area contributed by atoms with E-state index in [9.17, 15) is 4.79 Å². The van der Waals surface area contributed by atoms with Crippen LogP contribution in [-0.4, -0.2) is 18.8 Å². The number of ether oxygens (including phenoxy) is 1. The van der Waals surface area contributed by atoms with Crippen LogP contribution in [0, 0.1) is 13.8 Å². The van der Waals surface area contributed by atoms with Gasteiger partial charge < -0.3 is 10.1 Å². The zero-order chi connectivity index (χ0) is 16.8. The fourth-order valence-electron chi connectivity index (χ4n) is 2.13. The molecule has 0 aliphatic rings. The molecule has 0 aromatic heterocycles. The molecule has 0 atom stereocenters. The Morgan fingerprint density at radius 2 is 2.04 bits per heavy atom. The Labute approximate surface area is 149 Å². The van der Waals surface area contributed by atoms with E-state index in [-0.39, 0.29) is 5.91 Å². The van der Waals surface area contributed by atoms with Gasteiger partial charge in [-0.05, 0) is 64.7 Å². The van der Waals surface area contributed by atoms with Gasteiger partial charge in [-0.15, -0.1) is 11.8 Å². The van der Waals surface area contributed by atoms with E-state index in [1.807, 2.05) is 50.2 Å². The molecule has 2 aromatic carbocycles. The van der Waals surface area contributed by atoms with Crippen LogP contribution in [0.3, 0.4) is 0 Å². The number of rotatable bonds is 6. The number of benzene rings is 2. The molecule has 0 saturated carbocycles. The number of nitrogens with one attached hydrogen (secondary N) is 1. The van der Waals surface area contributed by atoms with Crippen LogP contribution in [0.1, 0.15) is 16.7 Å². The van der Waals surface area contributed by atoms with Gasteiger partial charge in [-0.25, -0.2) is 0 Å². The van der Waals surface area contributed by atoms with Crippen LogP contribution < -0.4 is 10.1 Å². The average Bonchev–Trinajstić information content (AvgIpc) is 2.52. The molecule has 2 rings (SSSR count). The Balaban J connectivity index is 1.85. The number of aryl methyl sites for hydroxylation is 1. The maximum atomic E-state index is 12.1. The molecule has 0 fully saturated rings. The van der Waals surface area contributed by atoms with Crippen molar-refractivity contribution in [3.63, 3.8) is 0 Å². The summed E-state index contributed by atoms with van der Waals surface area (Å²) in [6, 6.07) is 11.9. The molecule has 23 heavy (non-hydrogen) atoms. The van der Waals surface area contributed by atoms with Crippen molar-refractivity contribution in [3.05, 3.63) is 57.6 Å². The summed E-state index contributed by atoms with van der Waals surface area (Å²) in [5, 5.41) is 2.98. The standard InChI is InChI=1S/C18H20BrNO2S/c1-12-5-4-6-16(13(12)2)20-18(21)11-23-10-14-7-8-17(22-3)15(19)9-14/h4-9H,10-11H2,1-3H3,(H,20,21). The van der Waals surface area contributed by atoms with Crippen molar-refractivity contribution in [3.8, 4) is 5.75 Å². The average molecular weight is 394 g/mol. The lowest BCUT2D eigenvalue weighted by Crippen LogP contribution is -2.15. The minimum atomic E-state index is 0.0243. The van der Waals surface area contributed by atoms with Crippen molar-refractivity contribution >= 4 is 39.3 Å². The summed E-state index contributed by atoms with van der Waals surface area (Å²) in [6.07, 6.45) is 0. The first-order valence-corrected chi connectivity index (χ1v) is 9.22.